The van der Waals surface area contributed by atoms with Crippen LogP contribution in [0.4, 0.5) is 0 Å². The number of aryl methyl sites for hydroxylation is 1. The maximum absolute atomic E-state index is 11.9. The molecule has 2 N–H and O–H groups in total. The van der Waals surface area contributed by atoms with Crippen LogP contribution in [0.1, 0.15) is 41.6 Å². The summed E-state index contributed by atoms with van der Waals surface area (Å²) in [5, 5.41) is 12.3. The first-order valence-electron chi connectivity index (χ1n) is 7.13. The highest BCUT2D eigenvalue weighted by molar-refractivity contribution is 6.42. The summed E-state index contributed by atoms with van der Waals surface area (Å²) in [6, 6.07) is 6.97. The molecule has 0 aromatic heterocycles. The number of carbonyl (C=O) groups is 2. The van der Waals surface area contributed by atoms with Crippen molar-refractivity contribution in [2.45, 2.75) is 38.7 Å². The van der Waals surface area contributed by atoms with Crippen LogP contribution in [-0.2, 0) is 4.79 Å². The minimum absolute atomic E-state index is 0.265. The molecular weight excluding hydrogens is 254 g/mol. The number of aliphatic hydroxyl groups is 1. The van der Waals surface area contributed by atoms with Crippen LogP contribution in [0.25, 0.3) is 0 Å². The Balaban J connectivity index is 1.85. The summed E-state index contributed by atoms with van der Waals surface area (Å²) in [5.74, 6) is -0.788. The average molecular weight is 275 g/mol. The lowest BCUT2D eigenvalue weighted by Gasteiger charge is -2.25. The summed E-state index contributed by atoms with van der Waals surface area (Å²) in [7, 11) is 0. The maximum atomic E-state index is 11.9. The first-order chi connectivity index (χ1) is 9.56. The van der Waals surface area contributed by atoms with Crippen LogP contribution in [0.15, 0.2) is 24.3 Å². The van der Waals surface area contributed by atoms with Crippen molar-refractivity contribution in [1.29, 1.82) is 0 Å². The molecular formula is C16H21NO3. The van der Waals surface area contributed by atoms with E-state index in [0.29, 0.717) is 18.5 Å². The normalized spacial score (nSPS) is 22.3. The summed E-state index contributed by atoms with van der Waals surface area (Å²) in [4.78, 5) is 23.8. The van der Waals surface area contributed by atoms with Crippen LogP contribution < -0.4 is 5.32 Å². The number of carbonyl (C=O) groups excluding carboxylic acids is 2. The highest BCUT2D eigenvalue weighted by Crippen LogP contribution is 2.23. The molecule has 0 spiro atoms. The molecule has 1 aromatic rings. The van der Waals surface area contributed by atoms with Gasteiger partial charge in [-0.15, -0.1) is 0 Å². The van der Waals surface area contributed by atoms with Gasteiger partial charge >= 0.3 is 0 Å². The van der Waals surface area contributed by atoms with Crippen molar-refractivity contribution in [3.8, 4) is 0 Å². The van der Waals surface area contributed by atoms with Crippen molar-refractivity contribution >= 4 is 11.7 Å². The van der Waals surface area contributed by atoms with Gasteiger partial charge in [0.15, 0.2) is 0 Å². The Bertz CT molecular complexity index is 481. The molecule has 108 valence electrons. The van der Waals surface area contributed by atoms with Crippen LogP contribution in [-0.4, -0.2) is 29.4 Å². The number of benzene rings is 1. The Morgan fingerprint density at radius 3 is 2.60 bits per heavy atom. The highest BCUT2D eigenvalue weighted by atomic mass is 16.3. The van der Waals surface area contributed by atoms with E-state index in [1.807, 2.05) is 19.1 Å². The minimum Gasteiger partial charge on any atom is -0.393 e. The lowest BCUT2D eigenvalue weighted by Crippen LogP contribution is -2.36. The van der Waals surface area contributed by atoms with Gasteiger partial charge in [0.05, 0.1) is 6.10 Å². The second-order valence-corrected chi connectivity index (χ2v) is 5.59. The fourth-order valence-electron chi connectivity index (χ4n) is 2.60. The third kappa shape index (κ3) is 3.90. The van der Waals surface area contributed by atoms with E-state index in [1.165, 1.54) is 0 Å². The monoisotopic (exact) mass is 275 g/mol. The Kier molecular flexibility index (Phi) is 4.90. The van der Waals surface area contributed by atoms with E-state index >= 15 is 0 Å². The molecule has 1 fully saturated rings. The summed E-state index contributed by atoms with van der Waals surface area (Å²) >= 11 is 0. The van der Waals surface area contributed by atoms with Gasteiger partial charge in [0.2, 0.25) is 5.78 Å². The van der Waals surface area contributed by atoms with E-state index in [4.69, 9.17) is 0 Å². The van der Waals surface area contributed by atoms with Crippen LogP contribution in [0.2, 0.25) is 0 Å². The van der Waals surface area contributed by atoms with Crippen molar-refractivity contribution in [1.82, 2.24) is 5.32 Å². The maximum Gasteiger partial charge on any atom is 0.292 e. The second-order valence-electron chi connectivity index (χ2n) is 5.59. The van der Waals surface area contributed by atoms with E-state index in [1.54, 1.807) is 12.1 Å². The van der Waals surface area contributed by atoms with Gasteiger partial charge < -0.3 is 10.4 Å². The quantitative estimate of drug-likeness (QED) is 0.651. The van der Waals surface area contributed by atoms with E-state index in [-0.39, 0.29) is 12.0 Å². The number of hydrogen-bond donors (Lipinski definition) is 2. The molecule has 1 aliphatic carbocycles. The van der Waals surface area contributed by atoms with Gasteiger partial charge in [-0.05, 0) is 32.1 Å². The number of aliphatic hydroxyl groups excluding tert-OH is 1. The zero-order valence-electron chi connectivity index (χ0n) is 11.8. The number of ketones is 1. The van der Waals surface area contributed by atoms with Crippen LogP contribution in [0.3, 0.4) is 0 Å². The van der Waals surface area contributed by atoms with E-state index in [9.17, 15) is 14.7 Å². The van der Waals surface area contributed by atoms with Gasteiger partial charge in [0.25, 0.3) is 5.91 Å². The standard InChI is InChI=1S/C16H21NO3/c1-11-5-7-13(8-6-11)15(19)16(20)17-10-12-3-2-4-14(18)9-12/h5-8,12,14,18H,2-4,9-10H2,1H3,(H,17,20). The zero-order chi connectivity index (χ0) is 14.5. The Morgan fingerprint density at radius 2 is 1.95 bits per heavy atom. The molecule has 0 heterocycles. The van der Waals surface area contributed by atoms with Crippen LogP contribution in [0, 0.1) is 12.8 Å². The molecule has 4 nitrogen and oxygen atoms in total. The molecule has 0 saturated heterocycles. The van der Waals surface area contributed by atoms with Crippen LogP contribution >= 0.6 is 0 Å². The fourth-order valence-corrected chi connectivity index (χ4v) is 2.60. The molecule has 2 atom stereocenters. The summed E-state index contributed by atoms with van der Waals surface area (Å²) in [6.07, 6.45) is 3.26. The van der Waals surface area contributed by atoms with Gasteiger partial charge in [0, 0.05) is 12.1 Å². The van der Waals surface area contributed by atoms with Gasteiger partial charge in [-0.3, -0.25) is 9.59 Å². The predicted molar refractivity (Wildman–Crippen MR) is 76.5 cm³/mol. The summed E-state index contributed by atoms with van der Waals surface area (Å²) < 4.78 is 0. The van der Waals surface area contributed by atoms with Crippen molar-refractivity contribution in [2.24, 2.45) is 5.92 Å². The van der Waals surface area contributed by atoms with Gasteiger partial charge in [-0.1, -0.05) is 36.2 Å². The first-order valence-corrected chi connectivity index (χ1v) is 7.13. The second kappa shape index (κ2) is 6.66. The molecule has 1 aliphatic rings. The van der Waals surface area contributed by atoms with Crippen molar-refractivity contribution < 1.29 is 14.7 Å². The number of Topliss-reactive ketones (excluding diaryl/α,β-unsaturated/α-hetero) is 1. The lowest BCUT2D eigenvalue weighted by atomic mass is 9.87. The van der Waals surface area contributed by atoms with Crippen molar-refractivity contribution in [3.63, 3.8) is 0 Å². The number of amides is 1. The average Bonchev–Trinajstić information content (AvgIpc) is 2.45. The molecule has 0 aliphatic heterocycles. The summed E-state index contributed by atoms with van der Waals surface area (Å²) in [5.41, 5.74) is 1.47. The Labute approximate surface area is 119 Å². The minimum atomic E-state index is -0.561. The fraction of sp³-hybridized carbons (Fsp3) is 0.500. The first kappa shape index (κ1) is 14.7. The van der Waals surface area contributed by atoms with Gasteiger partial charge in [-0.2, -0.15) is 0 Å². The molecule has 1 saturated carbocycles. The smallest absolute Gasteiger partial charge is 0.292 e. The number of hydrogen-bond acceptors (Lipinski definition) is 3. The van der Waals surface area contributed by atoms with E-state index in [0.717, 1.165) is 24.8 Å². The lowest BCUT2D eigenvalue weighted by molar-refractivity contribution is -0.117. The zero-order valence-corrected chi connectivity index (χ0v) is 11.8. The molecule has 2 unspecified atom stereocenters. The van der Waals surface area contributed by atoms with E-state index < -0.39 is 11.7 Å². The topological polar surface area (TPSA) is 66.4 Å². The molecule has 2 rings (SSSR count). The number of rotatable bonds is 4. The van der Waals surface area contributed by atoms with Gasteiger partial charge in [-0.25, -0.2) is 0 Å². The molecule has 1 aromatic carbocycles. The highest BCUT2D eigenvalue weighted by Gasteiger charge is 2.22. The molecule has 20 heavy (non-hydrogen) atoms. The Hall–Kier alpha value is -1.68. The molecule has 1 amide bonds. The van der Waals surface area contributed by atoms with Crippen LogP contribution in [0.5, 0.6) is 0 Å². The van der Waals surface area contributed by atoms with Gasteiger partial charge in [0.1, 0.15) is 0 Å². The SMILES string of the molecule is Cc1ccc(C(=O)C(=O)NCC2CCCC(O)C2)cc1. The summed E-state index contributed by atoms with van der Waals surface area (Å²) in [6.45, 7) is 2.40. The predicted octanol–water partition coefficient (Wildman–Crippen LogP) is 1.85. The van der Waals surface area contributed by atoms with Crippen molar-refractivity contribution in [2.75, 3.05) is 6.54 Å². The van der Waals surface area contributed by atoms with E-state index in [2.05, 4.69) is 5.32 Å². The van der Waals surface area contributed by atoms with Crippen molar-refractivity contribution in [3.05, 3.63) is 35.4 Å². The molecule has 0 bridgehead atoms. The third-order valence-corrected chi connectivity index (χ3v) is 3.83. The largest absolute Gasteiger partial charge is 0.393 e. The Morgan fingerprint density at radius 1 is 1.25 bits per heavy atom. The molecule has 0 radical (unpaired) electrons. The molecule has 4 heteroatoms. The number of nitrogens with one attached hydrogen (secondary N) is 1. The third-order valence-electron chi connectivity index (χ3n) is 3.83.